The quantitative estimate of drug-likeness (QED) is 0.276. The van der Waals surface area contributed by atoms with Crippen molar-refractivity contribution in [1.82, 2.24) is 0 Å². The number of benzene rings is 4. The van der Waals surface area contributed by atoms with Crippen LogP contribution in [0.3, 0.4) is 0 Å². The minimum atomic E-state index is -3.61. The van der Waals surface area contributed by atoms with Crippen molar-refractivity contribution in [2.75, 3.05) is 10.7 Å². The molecule has 4 aromatic rings. The Morgan fingerprint density at radius 2 is 1.30 bits per heavy atom. The first-order valence-corrected chi connectivity index (χ1v) is 14.1. The van der Waals surface area contributed by atoms with Crippen LogP contribution in [-0.4, -0.2) is 14.2 Å². The molecular weight excluding hydrogens is 474 g/mol. The number of rotatable bonds is 5. The van der Waals surface area contributed by atoms with Gasteiger partial charge in [0.2, 0.25) is 0 Å². The van der Waals surface area contributed by atoms with Crippen molar-refractivity contribution in [3.8, 4) is 0 Å². The van der Waals surface area contributed by atoms with Gasteiger partial charge in [-0.15, -0.1) is 0 Å². The van der Waals surface area contributed by atoms with E-state index < -0.39 is 9.84 Å². The Morgan fingerprint density at radius 1 is 0.676 bits per heavy atom. The lowest BCUT2D eigenvalue weighted by Gasteiger charge is -2.31. The molecule has 37 heavy (non-hydrogen) atoms. The molecule has 4 aromatic carbocycles. The van der Waals surface area contributed by atoms with Crippen LogP contribution in [0.2, 0.25) is 0 Å². The number of aryl methyl sites for hydroxylation is 4. The van der Waals surface area contributed by atoms with E-state index in [2.05, 4.69) is 68.1 Å². The molecule has 0 amide bonds. The van der Waals surface area contributed by atoms with Gasteiger partial charge in [-0.1, -0.05) is 83.9 Å². The zero-order valence-electron chi connectivity index (χ0n) is 21.7. The van der Waals surface area contributed by atoms with Crippen LogP contribution in [0.4, 0.5) is 11.4 Å². The Labute approximate surface area is 220 Å². The average molecular weight is 506 g/mol. The van der Waals surface area contributed by atoms with Crippen molar-refractivity contribution in [2.45, 2.75) is 32.6 Å². The molecule has 0 saturated carbocycles. The number of hydrogen-bond donors (Lipinski definition) is 0. The van der Waals surface area contributed by atoms with E-state index in [0.29, 0.717) is 4.90 Å². The highest BCUT2D eigenvalue weighted by molar-refractivity contribution is 7.91. The van der Waals surface area contributed by atoms with Gasteiger partial charge in [-0.25, -0.2) is 8.42 Å². The number of nitrogens with zero attached hydrogens (tertiary/aromatic N) is 1. The third-order valence-corrected chi connectivity index (χ3v) is 8.45. The van der Waals surface area contributed by atoms with Gasteiger partial charge in [0.15, 0.2) is 9.84 Å². The van der Waals surface area contributed by atoms with Gasteiger partial charge in [-0.2, -0.15) is 0 Å². The Bertz CT molecular complexity index is 1610. The standard InChI is InChI=1S/C33H31NO2S/c1-23-14-16-31(17-15-23)37(35,36)22-30-21-29(27-10-6-5-7-11-27)20-28-12-8-9-13-32(28)34(30)33-25(3)18-24(2)19-26(33)4/h5-21H,22H2,1-4H3. The van der Waals surface area contributed by atoms with Crippen LogP contribution in [0.1, 0.15) is 33.4 Å². The van der Waals surface area contributed by atoms with E-state index in [1.165, 1.54) is 5.56 Å². The third-order valence-electron chi connectivity index (χ3n) is 6.78. The van der Waals surface area contributed by atoms with Crippen LogP contribution in [-0.2, 0) is 9.84 Å². The molecule has 0 bridgehead atoms. The van der Waals surface area contributed by atoms with Gasteiger partial charge in [0.25, 0.3) is 0 Å². The van der Waals surface area contributed by atoms with Crippen molar-refractivity contribution in [3.63, 3.8) is 0 Å². The molecule has 0 unspecified atom stereocenters. The molecule has 4 heteroatoms. The Hall–Kier alpha value is -3.89. The number of sulfone groups is 1. The van der Waals surface area contributed by atoms with Gasteiger partial charge >= 0.3 is 0 Å². The molecule has 0 saturated heterocycles. The van der Waals surface area contributed by atoms with Crippen molar-refractivity contribution >= 4 is 32.9 Å². The second-order valence-corrected chi connectivity index (χ2v) is 11.8. The molecule has 0 radical (unpaired) electrons. The van der Waals surface area contributed by atoms with E-state index in [4.69, 9.17) is 0 Å². The zero-order chi connectivity index (χ0) is 26.2. The molecular formula is C33H31NO2S. The minimum Gasteiger partial charge on any atom is -0.312 e. The summed E-state index contributed by atoms with van der Waals surface area (Å²) in [5.74, 6) is -0.124. The zero-order valence-corrected chi connectivity index (χ0v) is 22.5. The summed E-state index contributed by atoms with van der Waals surface area (Å²) in [5, 5.41) is 0. The third kappa shape index (κ3) is 5.03. The van der Waals surface area contributed by atoms with E-state index in [9.17, 15) is 8.42 Å². The van der Waals surface area contributed by atoms with Gasteiger partial charge in [-0.3, -0.25) is 0 Å². The largest absolute Gasteiger partial charge is 0.312 e. The maximum Gasteiger partial charge on any atom is 0.183 e. The predicted octanol–water partition coefficient (Wildman–Crippen LogP) is 7.97. The molecule has 1 aliphatic heterocycles. The summed E-state index contributed by atoms with van der Waals surface area (Å²) in [6, 6.07) is 29.8. The van der Waals surface area contributed by atoms with Crippen LogP contribution in [0, 0.1) is 27.7 Å². The lowest BCUT2D eigenvalue weighted by atomic mass is 10.0. The smallest absolute Gasteiger partial charge is 0.183 e. The molecule has 1 heterocycles. The van der Waals surface area contributed by atoms with Gasteiger partial charge in [0.05, 0.1) is 22.0 Å². The summed E-state index contributed by atoms with van der Waals surface area (Å²) in [6.45, 7) is 8.25. The fourth-order valence-corrected chi connectivity index (χ4v) is 6.46. The molecule has 1 aliphatic rings. The SMILES string of the molecule is Cc1ccc(S(=O)(=O)CC2=CC(c3ccccc3)=Cc3ccccc3N2c2c(C)cc(C)cc2C)cc1. The first kappa shape index (κ1) is 24.8. The van der Waals surface area contributed by atoms with Gasteiger partial charge in [0.1, 0.15) is 0 Å². The number of anilines is 2. The Balaban J connectivity index is 1.76. The maximum absolute atomic E-state index is 13.8. The highest BCUT2D eigenvalue weighted by Crippen LogP contribution is 2.42. The average Bonchev–Trinajstić information content (AvgIpc) is 3.01. The highest BCUT2D eigenvalue weighted by atomic mass is 32.2. The first-order valence-electron chi connectivity index (χ1n) is 12.5. The summed E-state index contributed by atoms with van der Waals surface area (Å²) < 4.78 is 27.6. The van der Waals surface area contributed by atoms with Gasteiger partial charge < -0.3 is 4.90 Å². The van der Waals surface area contributed by atoms with Crippen LogP contribution >= 0.6 is 0 Å². The number of hydrogen-bond acceptors (Lipinski definition) is 3. The van der Waals surface area contributed by atoms with Crippen molar-refractivity contribution in [2.24, 2.45) is 0 Å². The normalized spacial score (nSPS) is 13.5. The molecule has 0 aliphatic carbocycles. The molecule has 186 valence electrons. The second kappa shape index (κ2) is 9.87. The fourth-order valence-electron chi connectivity index (χ4n) is 5.14. The molecule has 0 spiro atoms. The fraction of sp³-hybridized carbons (Fsp3) is 0.152. The summed E-state index contributed by atoms with van der Waals surface area (Å²) >= 11 is 0. The maximum atomic E-state index is 13.8. The van der Waals surface area contributed by atoms with Gasteiger partial charge in [0, 0.05) is 5.70 Å². The molecule has 5 rings (SSSR count). The lowest BCUT2D eigenvalue weighted by Crippen LogP contribution is -2.25. The van der Waals surface area contributed by atoms with Crippen molar-refractivity contribution in [3.05, 3.63) is 136 Å². The number of fused-ring (bicyclic) bond motifs is 1. The van der Waals surface area contributed by atoms with Crippen LogP contribution in [0.25, 0.3) is 11.6 Å². The Morgan fingerprint density at radius 3 is 1.97 bits per heavy atom. The summed E-state index contributed by atoms with van der Waals surface area (Å²) in [4.78, 5) is 2.48. The first-order chi connectivity index (χ1) is 17.7. The summed E-state index contributed by atoms with van der Waals surface area (Å²) in [7, 11) is -3.61. The van der Waals surface area contributed by atoms with E-state index in [1.54, 1.807) is 12.1 Å². The molecule has 0 aromatic heterocycles. The Kier molecular flexibility index (Phi) is 6.61. The molecule has 0 N–H and O–H groups in total. The monoisotopic (exact) mass is 505 g/mol. The topological polar surface area (TPSA) is 37.4 Å². The van der Waals surface area contributed by atoms with E-state index in [1.807, 2.05) is 55.5 Å². The molecule has 3 nitrogen and oxygen atoms in total. The predicted molar refractivity (Wildman–Crippen MR) is 155 cm³/mol. The minimum absolute atomic E-state index is 0.124. The second-order valence-electron chi connectivity index (χ2n) is 9.82. The molecule has 0 fully saturated rings. The van der Waals surface area contributed by atoms with Crippen LogP contribution in [0.15, 0.2) is 108 Å². The molecule has 0 atom stereocenters. The lowest BCUT2D eigenvalue weighted by molar-refractivity contribution is 0.598. The summed E-state index contributed by atoms with van der Waals surface area (Å²) in [5.41, 5.74) is 10.2. The summed E-state index contributed by atoms with van der Waals surface area (Å²) in [6.07, 6.45) is 4.20. The highest BCUT2D eigenvalue weighted by Gasteiger charge is 2.28. The van der Waals surface area contributed by atoms with Gasteiger partial charge in [-0.05, 0) is 85.9 Å². The van der Waals surface area contributed by atoms with Crippen molar-refractivity contribution < 1.29 is 8.42 Å². The van der Waals surface area contributed by atoms with E-state index in [0.717, 1.165) is 50.5 Å². The van der Waals surface area contributed by atoms with Crippen LogP contribution < -0.4 is 4.90 Å². The van der Waals surface area contributed by atoms with E-state index in [-0.39, 0.29) is 5.75 Å². The van der Waals surface area contributed by atoms with Crippen molar-refractivity contribution in [1.29, 1.82) is 0 Å². The number of allylic oxidation sites excluding steroid dienone is 2. The van der Waals surface area contributed by atoms with Crippen LogP contribution in [0.5, 0.6) is 0 Å². The van der Waals surface area contributed by atoms with E-state index >= 15 is 0 Å². The number of para-hydroxylation sites is 1.